The normalized spacial score (nSPS) is 14.9. The molecule has 0 aliphatic carbocycles. The number of ether oxygens (including phenoxy) is 2. The first-order chi connectivity index (χ1) is 15.4. The minimum absolute atomic E-state index is 0.0573. The number of rotatable bonds is 7. The van der Waals surface area contributed by atoms with Gasteiger partial charge in [0.15, 0.2) is 11.5 Å². The molecule has 2 aromatic rings. The summed E-state index contributed by atoms with van der Waals surface area (Å²) in [5.41, 5.74) is 1.74. The molecule has 164 valence electrons. The van der Waals surface area contributed by atoms with Crippen LogP contribution in [-0.2, 0) is 16.0 Å². The second-order valence-corrected chi connectivity index (χ2v) is 7.58. The summed E-state index contributed by atoms with van der Waals surface area (Å²) in [4.78, 5) is 38.9. The zero-order chi connectivity index (χ0) is 23.3. The number of nitrogens with one attached hydrogen (secondary N) is 1. The van der Waals surface area contributed by atoms with E-state index >= 15 is 0 Å². The smallest absolute Gasteiger partial charge is 0.335 e. The van der Waals surface area contributed by atoms with Crippen molar-refractivity contribution in [3.05, 3.63) is 57.6 Å². The Hall–Kier alpha value is -3.57. The van der Waals surface area contributed by atoms with Crippen molar-refractivity contribution in [3.8, 4) is 23.8 Å². The molecule has 0 bridgehead atoms. The molecule has 4 amide bonds. The summed E-state index contributed by atoms with van der Waals surface area (Å²) >= 11 is 3.42. The van der Waals surface area contributed by atoms with Gasteiger partial charge in [0.1, 0.15) is 12.2 Å². The van der Waals surface area contributed by atoms with E-state index in [2.05, 4.69) is 27.2 Å². The number of terminal acetylenes is 1. The Morgan fingerprint density at radius 2 is 1.78 bits per heavy atom. The van der Waals surface area contributed by atoms with Crippen molar-refractivity contribution >= 4 is 45.5 Å². The van der Waals surface area contributed by atoms with E-state index in [4.69, 9.17) is 15.9 Å². The summed E-state index contributed by atoms with van der Waals surface area (Å²) in [5, 5.41) is 2.22. The van der Waals surface area contributed by atoms with Crippen molar-refractivity contribution in [1.29, 1.82) is 0 Å². The molecule has 0 atom stereocenters. The van der Waals surface area contributed by atoms with Crippen molar-refractivity contribution in [1.82, 2.24) is 5.32 Å². The lowest BCUT2D eigenvalue weighted by molar-refractivity contribution is -0.122. The molecule has 1 aliphatic rings. The predicted octanol–water partition coefficient (Wildman–Crippen LogP) is 4.09. The molecule has 0 aromatic heterocycles. The topological polar surface area (TPSA) is 84.9 Å². The molecule has 1 N–H and O–H groups in total. The van der Waals surface area contributed by atoms with Crippen LogP contribution >= 0.6 is 15.9 Å². The third-order valence-corrected chi connectivity index (χ3v) is 5.36. The van der Waals surface area contributed by atoms with E-state index < -0.39 is 17.8 Å². The summed E-state index contributed by atoms with van der Waals surface area (Å²) in [6, 6.07) is 9.48. The maximum absolute atomic E-state index is 13.1. The highest BCUT2D eigenvalue weighted by Crippen LogP contribution is 2.35. The number of amides is 4. The number of urea groups is 1. The van der Waals surface area contributed by atoms with Crippen LogP contribution in [-0.4, -0.2) is 31.1 Å². The summed E-state index contributed by atoms with van der Waals surface area (Å²) in [5.74, 6) is 1.72. The lowest BCUT2D eigenvalue weighted by Gasteiger charge is -2.26. The average molecular weight is 497 g/mol. The molecule has 7 nitrogen and oxygen atoms in total. The Bertz CT molecular complexity index is 1130. The minimum Gasteiger partial charge on any atom is -0.490 e. The van der Waals surface area contributed by atoms with E-state index in [1.54, 1.807) is 24.3 Å². The number of anilines is 1. The number of hydrogen-bond donors (Lipinski definition) is 1. The first-order valence-corrected chi connectivity index (χ1v) is 10.7. The van der Waals surface area contributed by atoms with E-state index in [0.29, 0.717) is 33.8 Å². The second kappa shape index (κ2) is 10.2. The largest absolute Gasteiger partial charge is 0.490 e. The molecule has 0 unspecified atom stereocenters. The third kappa shape index (κ3) is 4.84. The molecule has 1 aliphatic heterocycles. The Kier molecular flexibility index (Phi) is 7.33. The molecule has 1 heterocycles. The van der Waals surface area contributed by atoms with Crippen LogP contribution in [0.5, 0.6) is 11.5 Å². The van der Waals surface area contributed by atoms with Gasteiger partial charge in [-0.15, -0.1) is 6.42 Å². The van der Waals surface area contributed by atoms with Gasteiger partial charge < -0.3 is 9.47 Å². The van der Waals surface area contributed by atoms with Crippen molar-refractivity contribution in [2.24, 2.45) is 0 Å². The van der Waals surface area contributed by atoms with Crippen LogP contribution in [0, 0.1) is 12.3 Å². The molecule has 0 saturated carbocycles. The number of carbonyl (C=O) groups is 3. The fourth-order valence-corrected chi connectivity index (χ4v) is 3.53. The highest BCUT2D eigenvalue weighted by Gasteiger charge is 2.37. The molecule has 8 heteroatoms. The fourth-order valence-electron chi connectivity index (χ4n) is 3.09. The van der Waals surface area contributed by atoms with Crippen LogP contribution in [0.25, 0.3) is 6.08 Å². The number of barbiturate groups is 1. The first-order valence-electron chi connectivity index (χ1n) is 9.92. The number of benzene rings is 2. The fraction of sp³-hybridized carbons (Fsp3) is 0.208. The van der Waals surface area contributed by atoms with Crippen molar-refractivity contribution in [2.75, 3.05) is 18.1 Å². The molecule has 1 saturated heterocycles. The van der Waals surface area contributed by atoms with Gasteiger partial charge >= 0.3 is 6.03 Å². The number of carbonyl (C=O) groups excluding carboxylic acids is 3. The number of aryl methyl sites for hydroxylation is 1. The van der Waals surface area contributed by atoms with Crippen molar-refractivity contribution in [2.45, 2.75) is 20.3 Å². The lowest BCUT2D eigenvalue weighted by Crippen LogP contribution is -2.54. The summed E-state index contributed by atoms with van der Waals surface area (Å²) in [6.07, 6.45) is 7.48. The highest BCUT2D eigenvalue weighted by molar-refractivity contribution is 9.10. The Labute approximate surface area is 194 Å². The number of hydrogen-bond acceptors (Lipinski definition) is 5. The number of nitrogens with zero attached hydrogens (tertiary/aromatic N) is 1. The molecular formula is C24H21BrN2O5. The van der Waals surface area contributed by atoms with Crippen LogP contribution in [0.4, 0.5) is 10.5 Å². The quantitative estimate of drug-likeness (QED) is 0.354. The minimum atomic E-state index is -0.798. The van der Waals surface area contributed by atoms with E-state index in [9.17, 15) is 14.4 Å². The van der Waals surface area contributed by atoms with Crippen molar-refractivity contribution < 1.29 is 23.9 Å². The van der Waals surface area contributed by atoms with Gasteiger partial charge in [-0.2, -0.15) is 0 Å². The average Bonchev–Trinajstić information content (AvgIpc) is 2.77. The maximum Gasteiger partial charge on any atom is 0.335 e. The van der Waals surface area contributed by atoms with Crippen LogP contribution in [0.1, 0.15) is 25.0 Å². The zero-order valence-corrected chi connectivity index (χ0v) is 19.2. The van der Waals surface area contributed by atoms with Gasteiger partial charge in [0.2, 0.25) is 0 Å². The second-order valence-electron chi connectivity index (χ2n) is 6.72. The van der Waals surface area contributed by atoms with Gasteiger partial charge in [-0.3, -0.25) is 14.9 Å². The monoisotopic (exact) mass is 496 g/mol. The van der Waals surface area contributed by atoms with E-state index in [0.717, 1.165) is 16.9 Å². The van der Waals surface area contributed by atoms with Crippen molar-refractivity contribution in [3.63, 3.8) is 0 Å². The van der Waals surface area contributed by atoms with Gasteiger partial charge in [0.05, 0.1) is 12.3 Å². The standard InChI is InChI=1S/C24H21BrN2O5/c1-4-11-32-21-14-19(25)16(13-20(21)31-6-3)12-18-22(28)26-24(30)27(23(18)29)17-9-7-15(5-2)8-10-17/h1,7-10,12-14H,5-6,11H2,2-3H3,(H,26,28,30)/b18-12-. The van der Waals surface area contributed by atoms with Gasteiger partial charge in [-0.25, -0.2) is 9.69 Å². The van der Waals surface area contributed by atoms with Gasteiger partial charge in [-0.05, 0) is 54.8 Å². The zero-order valence-electron chi connectivity index (χ0n) is 17.6. The highest BCUT2D eigenvalue weighted by atomic mass is 79.9. The molecule has 1 fully saturated rings. The maximum atomic E-state index is 13.1. The SMILES string of the molecule is C#CCOc1cc(Br)c(/C=C2/C(=O)NC(=O)N(c3ccc(CC)cc3)C2=O)cc1OCC. The van der Waals surface area contributed by atoms with E-state index in [-0.39, 0.29) is 12.2 Å². The molecule has 2 aromatic carbocycles. The molecule has 0 radical (unpaired) electrons. The van der Waals surface area contributed by atoms with E-state index in [1.165, 1.54) is 6.08 Å². The Balaban J connectivity index is 2.01. The predicted molar refractivity (Wildman–Crippen MR) is 124 cm³/mol. The summed E-state index contributed by atoms with van der Waals surface area (Å²) in [7, 11) is 0. The van der Waals surface area contributed by atoms with E-state index in [1.807, 2.05) is 26.0 Å². The van der Waals surface area contributed by atoms with Crippen LogP contribution in [0.2, 0.25) is 0 Å². The molecule has 3 rings (SSSR count). The molecular weight excluding hydrogens is 476 g/mol. The van der Waals surface area contributed by atoms with Crippen LogP contribution < -0.4 is 19.7 Å². The molecule has 0 spiro atoms. The number of imide groups is 2. The Morgan fingerprint density at radius 3 is 2.41 bits per heavy atom. The first kappa shape index (κ1) is 23.1. The lowest BCUT2D eigenvalue weighted by atomic mass is 10.1. The summed E-state index contributed by atoms with van der Waals surface area (Å²) < 4.78 is 11.7. The number of halogens is 1. The van der Waals surface area contributed by atoms with Gasteiger partial charge in [0.25, 0.3) is 11.8 Å². The Morgan fingerprint density at radius 1 is 1.09 bits per heavy atom. The molecule has 32 heavy (non-hydrogen) atoms. The third-order valence-electron chi connectivity index (χ3n) is 4.68. The summed E-state index contributed by atoms with van der Waals surface area (Å²) in [6.45, 7) is 4.25. The van der Waals surface area contributed by atoms with Gasteiger partial charge in [-0.1, -0.05) is 40.9 Å². The van der Waals surface area contributed by atoms with Crippen LogP contribution in [0.15, 0.2) is 46.4 Å². The van der Waals surface area contributed by atoms with Crippen LogP contribution in [0.3, 0.4) is 0 Å². The van der Waals surface area contributed by atoms with Gasteiger partial charge in [0, 0.05) is 4.47 Å².